The number of aromatic nitrogens is 1. The van der Waals surface area contributed by atoms with Crippen LogP contribution in [0.3, 0.4) is 0 Å². The minimum absolute atomic E-state index is 0.0225. The van der Waals surface area contributed by atoms with Crippen molar-refractivity contribution in [3.05, 3.63) is 65.2 Å². The van der Waals surface area contributed by atoms with Crippen molar-refractivity contribution in [2.45, 2.75) is 32.8 Å². The van der Waals surface area contributed by atoms with Gasteiger partial charge < -0.3 is 14.4 Å². The van der Waals surface area contributed by atoms with Crippen molar-refractivity contribution in [1.29, 1.82) is 0 Å². The van der Waals surface area contributed by atoms with E-state index in [9.17, 15) is 9.90 Å². The summed E-state index contributed by atoms with van der Waals surface area (Å²) >= 11 is 0. The van der Waals surface area contributed by atoms with Crippen LogP contribution in [-0.2, 0) is 17.6 Å². The molecule has 5 heteroatoms. The number of carbonyl (C=O) groups excluding carboxylic acids is 1. The molecule has 27 heavy (non-hydrogen) atoms. The van der Waals surface area contributed by atoms with Gasteiger partial charge in [-0.2, -0.15) is 0 Å². The van der Waals surface area contributed by atoms with E-state index in [4.69, 9.17) is 4.42 Å². The number of hydrogen-bond donors (Lipinski definition) is 1. The van der Waals surface area contributed by atoms with E-state index in [1.165, 1.54) is 0 Å². The SMILES string of the molecule is Cc1cc(C)c2c(CC(=O)N3C[C@@H](Cc4ccccn4)[C@H](O)C3)coc2c1. The van der Waals surface area contributed by atoms with E-state index in [1.54, 1.807) is 17.4 Å². The predicted octanol–water partition coefficient (Wildman–Crippen LogP) is 3.05. The third-order valence-electron chi connectivity index (χ3n) is 5.39. The number of benzene rings is 1. The van der Waals surface area contributed by atoms with E-state index in [0.717, 1.165) is 33.4 Å². The summed E-state index contributed by atoms with van der Waals surface area (Å²) in [5.74, 6) is 0.0505. The minimum Gasteiger partial charge on any atom is -0.464 e. The Balaban J connectivity index is 1.46. The van der Waals surface area contributed by atoms with Crippen molar-refractivity contribution in [3.63, 3.8) is 0 Å². The van der Waals surface area contributed by atoms with Crippen LogP contribution < -0.4 is 0 Å². The second kappa shape index (κ2) is 7.16. The number of rotatable bonds is 4. The fourth-order valence-electron chi connectivity index (χ4n) is 4.08. The third-order valence-corrected chi connectivity index (χ3v) is 5.39. The molecule has 0 radical (unpaired) electrons. The summed E-state index contributed by atoms with van der Waals surface area (Å²) in [4.78, 5) is 18.9. The Morgan fingerprint density at radius 1 is 1.30 bits per heavy atom. The van der Waals surface area contributed by atoms with Gasteiger partial charge in [0.05, 0.1) is 18.8 Å². The molecule has 1 aromatic carbocycles. The first-order valence-electron chi connectivity index (χ1n) is 9.34. The molecule has 3 heterocycles. The van der Waals surface area contributed by atoms with E-state index >= 15 is 0 Å². The molecule has 2 atom stereocenters. The zero-order valence-corrected chi connectivity index (χ0v) is 15.7. The van der Waals surface area contributed by atoms with Crippen LogP contribution in [0.4, 0.5) is 0 Å². The highest BCUT2D eigenvalue weighted by atomic mass is 16.3. The molecule has 4 rings (SSSR count). The Hall–Kier alpha value is -2.66. The maximum Gasteiger partial charge on any atom is 0.227 e. The van der Waals surface area contributed by atoms with Crippen molar-refractivity contribution in [3.8, 4) is 0 Å². The van der Waals surface area contributed by atoms with Crippen molar-refractivity contribution < 1.29 is 14.3 Å². The molecule has 3 aromatic rings. The normalized spacial score (nSPS) is 19.7. The Morgan fingerprint density at radius 2 is 2.15 bits per heavy atom. The van der Waals surface area contributed by atoms with Crippen LogP contribution in [0, 0.1) is 19.8 Å². The van der Waals surface area contributed by atoms with Crippen molar-refractivity contribution in [2.75, 3.05) is 13.1 Å². The fourth-order valence-corrected chi connectivity index (χ4v) is 4.08. The van der Waals surface area contributed by atoms with E-state index in [-0.39, 0.29) is 11.8 Å². The summed E-state index contributed by atoms with van der Waals surface area (Å²) in [6.07, 6.45) is 3.90. The monoisotopic (exact) mass is 364 g/mol. The number of furan rings is 1. The van der Waals surface area contributed by atoms with Crippen LogP contribution in [0.2, 0.25) is 0 Å². The predicted molar refractivity (Wildman–Crippen MR) is 103 cm³/mol. The standard InChI is InChI=1S/C22H24N2O3/c1-14-7-15(2)22-17(13-27-20(22)8-14)10-21(26)24-11-16(19(25)12-24)9-18-5-3-4-6-23-18/h3-8,13,16,19,25H,9-12H2,1-2H3/t16-,19-/m1/s1. The maximum absolute atomic E-state index is 12.8. The Kier molecular flexibility index (Phi) is 4.70. The second-order valence-corrected chi connectivity index (χ2v) is 7.54. The molecular formula is C22H24N2O3. The van der Waals surface area contributed by atoms with Gasteiger partial charge in [-0.15, -0.1) is 0 Å². The highest BCUT2D eigenvalue weighted by molar-refractivity contribution is 5.90. The van der Waals surface area contributed by atoms with E-state index in [1.807, 2.05) is 38.1 Å². The van der Waals surface area contributed by atoms with Gasteiger partial charge in [0.2, 0.25) is 5.91 Å². The van der Waals surface area contributed by atoms with Gasteiger partial charge >= 0.3 is 0 Å². The van der Waals surface area contributed by atoms with E-state index < -0.39 is 6.10 Å². The molecular weight excluding hydrogens is 340 g/mol. The molecule has 1 aliphatic heterocycles. The zero-order chi connectivity index (χ0) is 19.0. The lowest BCUT2D eigenvalue weighted by molar-refractivity contribution is -0.129. The molecule has 1 amide bonds. The van der Waals surface area contributed by atoms with Crippen molar-refractivity contribution in [1.82, 2.24) is 9.88 Å². The van der Waals surface area contributed by atoms with Crippen molar-refractivity contribution in [2.24, 2.45) is 5.92 Å². The zero-order valence-electron chi connectivity index (χ0n) is 15.7. The van der Waals surface area contributed by atoms with Crippen LogP contribution in [-0.4, -0.2) is 40.1 Å². The molecule has 140 valence electrons. The number of amides is 1. The van der Waals surface area contributed by atoms with Crippen LogP contribution >= 0.6 is 0 Å². The molecule has 1 N–H and O–H groups in total. The smallest absolute Gasteiger partial charge is 0.227 e. The highest BCUT2D eigenvalue weighted by Gasteiger charge is 2.34. The lowest BCUT2D eigenvalue weighted by atomic mass is 10.00. The largest absolute Gasteiger partial charge is 0.464 e. The van der Waals surface area contributed by atoms with Gasteiger partial charge in [-0.05, 0) is 49.6 Å². The number of fused-ring (bicyclic) bond motifs is 1. The van der Waals surface area contributed by atoms with Gasteiger partial charge in [-0.1, -0.05) is 12.1 Å². The molecule has 1 aliphatic rings. The molecule has 1 fully saturated rings. The molecule has 0 aliphatic carbocycles. The molecule has 0 unspecified atom stereocenters. The highest BCUT2D eigenvalue weighted by Crippen LogP contribution is 2.28. The number of aliphatic hydroxyl groups is 1. The molecule has 0 saturated carbocycles. The first-order valence-corrected chi connectivity index (χ1v) is 9.34. The summed E-state index contributed by atoms with van der Waals surface area (Å²) in [5.41, 5.74) is 4.95. The summed E-state index contributed by atoms with van der Waals surface area (Å²) in [7, 11) is 0. The molecule has 5 nitrogen and oxygen atoms in total. The van der Waals surface area contributed by atoms with Gasteiger partial charge in [-0.3, -0.25) is 9.78 Å². The van der Waals surface area contributed by atoms with Crippen LogP contribution in [0.25, 0.3) is 11.0 Å². The minimum atomic E-state index is -0.513. The lowest BCUT2D eigenvalue weighted by Gasteiger charge is -2.16. The van der Waals surface area contributed by atoms with Gasteiger partial charge in [-0.25, -0.2) is 0 Å². The number of pyridine rings is 1. The lowest BCUT2D eigenvalue weighted by Crippen LogP contribution is -2.31. The maximum atomic E-state index is 12.8. The summed E-state index contributed by atoms with van der Waals surface area (Å²) in [6, 6.07) is 9.89. The van der Waals surface area contributed by atoms with Crippen LogP contribution in [0.15, 0.2) is 47.2 Å². The number of hydrogen-bond acceptors (Lipinski definition) is 4. The van der Waals surface area contributed by atoms with Gasteiger partial charge in [0.1, 0.15) is 5.58 Å². The number of aryl methyl sites for hydroxylation is 2. The van der Waals surface area contributed by atoms with Gasteiger partial charge in [0.25, 0.3) is 0 Å². The first-order chi connectivity index (χ1) is 13.0. The van der Waals surface area contributed by atoms with Gasteiger partial charge in [0, 0.05) is 41.8 Å². The summed E-state index contributed by atoms with van der Waals surface area (Å²) < 4.78 is 5.67. The summed E-state index contributed by atoms with van der Waals surface area (Å²) in [5, 5.41) is 11.4. The Bertz CT molecular complexity index is 964. The van der Waals surface area contributed by atoms with Gasteiger partial charge in [0.15, 0.2) is 0 Å². The van der Waals surface area contributed by atoms with E-state index in [0.29, 0.717) is 25.9 Å². The van der Waals surface area contributed by atoms with Crippen LogP contribution in [0.5, 0.6) is 0 Å². The Labute approximate surface area is 158 Å². The fraction of sp³-hybridized carbons (Fsp3) is 0.364. The number of carbonyl (C=O) groups is 1. The number of β-amino-alcohol motifs (C(OH)–C–C–N with tert-alkyl or cyclic N) is 1. The summed E-state index contributed by atoms with van der Waals surface area (Å²) in [6.45, 7) is 5.02. The third kappa shape index (κ3) is 3.60. The number of aliphatic hydroxyl groups excluding tert-OH is 1. The van der Waals surface area contributed by atoms with E-state index in [2.05, 4.69) is 11.1 Å². The molecule has 1 saturated heterocycles. The molecule has 2 aromatic heterocycles. The molecule has 0 spiro atoms. The topological polar surface area (TPSA) is 66.6 Å². The average Bonchev–Trinajstić information content (AvgIpc) is 3.20. The quantitative estimate of drug-likeness (QED) is 0.773. The van der Waals surface area contributed by atoms with Crippen molar-refractivity contribution >= 4 is 16.9 Å². The number of likely N-dealkylation sites (tertiary alicyclic amines) is 1. The molecule has 0 bridgehead atoms. The second-order valence-electron chi connectivity index (χ2n) is 7.54. The average molecular weight is 364 g/mol. The number of nitrogens with zero attached hydrogens (tertiary/aromatic N) is 2. The van der Waals surface area contributed by atoms with Crippen LogP contribution in [0.1, 0.15) is 22.4 Å². The Morgan fingerprint density at radius 3 is 2.93 bits per heavy atom. The first kappa shape index (κ1) is 17.7.